The maximum Gasteiger partial charge on any atom is 0.308 e. The van der Waals surface area contributed by atoms with Gasteiger partial charge in [-0.05, 0) is 29.8 Å². The van der Waals surface area contributed by atoms with E-state index >= 15 is 0 Å². The van der Waals surface area contributed by atoms with Crippen LogP contribution in [0.3, 0.4) is 0 Å². The average Bonchev–Trinajstić information content (AvgIpc) is 2.68. The summed E-state index contributed by atoms with van der Waals surface area (Å²) in [7, 11) is -3.83. The fourth-order valence-corrected chi connectivity index (χ4v) is 3.57. The second-order valence-corrected chi connectivity index (χ2v) is 7.63. The van der Waals surface area contributed by atoms with E-state index in [0.717, 1.165) is 5.56 Å². The van der Waals surface area contributed by atoms with Crippen LogP contribution < -0.4 is 14.2 Å². The summed E-state index contributed by atoms with van der Waals surface area (Å²) in [5, 5.41) is 0. The Morgan fingerprint density at radius 2 is 1.57 bits per heavy atom. The molecule has 7 heteroatoms. The van der Waals surface area contributed by atoms with E-state index in [1.165, 1.54) is 25.1 Å². The lowest BCUT2D eigenvalue weighted by Gasteiger charge is -2.15. The summed E-state index contributed by atoms with van der Waals surface area (Å²) in [4.78, 5) is 11.3. The smallest absolute Gasteiger partial charge is 0.308 e. The van der Waals surface area contributed by atoms with Gasteiger partial charge < -0.3 is 9.47 Å². The van der Waals surface area contributed by atoms with E-state index in [-0.39, 0.29) is 22.9 Å². The van der Waals surface area contributed by atoms with Gasteiger partial charge in [0.1, 0.15) is 18.1 Å². The van der Waals surface area contributed by atoms with Gasteiger partial charge in [-0.1, -0.05) is 48.5 Å². The maximum atomic E-state index is 12.7. The Bertz CT molecular complexity index is 1050. The van der Waals surface area contributed by atoms with E-state index in [0.29, 0.717) is 5.75 Å². The van der Waals surface area contributed by atoms with Gasteiger partial charge >= 0.3 is 5.97 Å². The number of ether oxygens (including phenoxy) is 2. The minimum absolute atomic E-state index is 0.113. The molecule has 144 valence electrons. The highest BCUT2D eigenvalue weighted by Crippen LogP contribution is 2.32. The van der Waals surface area contributed by atoms with Crippen LogP contribution in [-0.2, 0) is 21.4 Å². The quantitative estimate of drug-likeness (QED) is 0.481. The number of benzene rings is 3. The Kier molecular flexibility index (Phi) is 5.96. The van der Waals surface area contributed by atoms with Gasteiger partial charge in [0.2, 0.25) is 0 Å². The molecule has 0 amide bonds. The molecule has 3 aromatic rings. The van der Waals surface area contributed by atoms with Crippen LogP contribution in [0.2, 0.25) is 0 Å². The van der Waals surface area contributed by atoms with Gasteiger partial charge in [-0.15, -0.1) is 0 Å². The molecule has 0 aliphatic heterocycles. The molecule has 0 fully saturated rings. The predicted molar refractivity (Wildman–Crippen MR) is 106 cm³/mol. The number of rotatable bonds is 7. The second kappa shape index (κ2) is 8.58. The van der Waals surface area contributed by atoms with E-state index in [9.17, 15) is 13.2 Å². The van der Waals surface area contributed by atoms with E-state index in [1.807, 2.05) is 30.3 Å². The summed E-state index contributed by atoms with van der Waals surface area (Å²) in [5.74, 6) is 0.0272. The molecular weight excluding hydrogens is 378 g/mol. The van der Waals surface area contributed by atoms with Crippen LogP contribution >= 0.6 is 0 Å². The molecule has 0 aromatic heterocycles. The van der Waals surface area contributed by atoms with Crippen LogP contribution in [0.25, 0.3) is 0 Å². The van der Waals surface area contributed by atoms with Gasteiger partial charge in [0, 0.05) is 13.0 Å². The van der Waals surface area contributed by atoms with E-state index < -0.39 is 16.0 Å². The number of sulfonamides is 1. The van der Waals surface area contributed by atoms with Crippen LogP contribution in [0.4, 0.5) is 5.69 Å². The van der Waals surface area contributed by atoms with Crippen molar-refractivity contribution in [3.63, 3.8) is 0 Å². The number of nitrogens with one attached hydrogen (secondary N) is 1. The largest absolute Gasteiger partial charge is 0.487 e. The lowest BCUT2D eigenvalue weighted by atomic mass is 10.2. The van der Waals surface area contributed by atoms with Crippen LogP contribution in [0.15, 0.2) is 83.8 Å². The molecule has 1 N–H and O–H groups in total. The molecule has 0 bridgehead atoms. The van der Waals surface area contributed by atoms with Gasteiger partial charge in [0.15, 0.2) is 0 Å². The van der Waals surface area contributed by atoms with E-state index in [4.69, 9.17) is 9.47 Å². The Labute approximate surface area is 163 Å². The number of hydrogen-bond donors (Lipinski definition) is 1. The molecule has 0 unspecified atom stereocenters. The number of carbonyl (C=O) groups is 1. The van der Waals surface area contributed by atoms with Gasteiger partial charge in [0.05, 0.1) is 10.6 Å². The standard InChI is InChI=1S/C21H19NO5S/c1-16(23)27-18-12-13-21(26-15-17-8-4-2-5-9-17)20(14-18)22-28(24,25)19-10-6-3-7-11-19/h2-14,22H,15H2,1H3. The first-order valence-corrected chi connectivity index (χ1v) is 9.99. The summed E-state index contributed by atoms with van der Waals surface area (Å²) in [6.45, 7) is 1.53. The lowest BCUT2D eigenvalue weighted by Crippen LogP contribution is -2.14. The third kappa shape index (κ3) is 5.11. The van der Waals surface area contributed by atoms with Crippen molar-refractivity contribution in [2.75, 3.05) is 4.72 Å². The average molecular weight is 397 g/mol. The third-order valence-electron chi connectivity index (χ3n) is 3.75. The first kappa shape index (κ1) is 19.4. The highest BCUT2D eigenvalue weighted by Gasteiger charge is 2.17. The first-order valence-electron chi connectivity index (χ1n) is 8.51. The topological polar surface area (TPSA) is 81.7 Å². The highest BCUT2D eigenvalue weighted by atomic mass is 32.2. The summed E-state index contributed by atoms with van der Waals surface area (Å²) in [5.41, 5.74) is 1.11. The van der Waals surface area contributed by atoms with Crippen molar-refractivity contribution >= 4 is 21.7 Å². The third-order valence-corrected chi connectivity index (χ3v) is 5.13. The molecule has 6 nitrogen and oxygen atoms in total. The zero-order chi connectivity index (χ0) is 20.0. The Hall–Kier alpha value is -3.32. The van der Waals surface area contributed by atoms with Crippen LogP contribution in [-0.4, -0.2) is 14.4 Å². The minimum Gasteiger partial charge on any atom is -0.487 e. The molecule has 0 saturated heterocycles. The number of esters is 1. The Morgan fingerprint density at radius 1 is 0.929 bits per heavy atom. The fraction of sp³-hybridized carbons (Fsp3) is 0.0952. The monoisotopic (exact) mass is 397 g/mol. The van der Waals surface area contributed by atoms with Crippen LogP contribution in [0, 0.1) is 0 Å². The van der Waals surface area contributed by atoms with Crippen molar-refractivity contribution < 1.29 is 22.7 Å². The van der Waals surface area contributed by atoms with Gasteiger partial charge in [-0.2, -0.15) is 0 Å². The van der Waals surface area contributed by atoms with Crippen molar-refractivity contribution in [3.8, 4) is 11.5 Å². The normalized spacial score (nSPS) is 10.9. The van der Waals surface area contributed by atoms with Gasteiger partial charge in [0.25, 0.3) is 10.0 Å². The Balaban J connectivity index is 1.90. The summed E-state index contributed by atoms with van der Waals surface area (Å²) in [6, 6.07) is 22.0. The zero-order valence-corrected chi connectivity index (χ0v) is 16.0. The van der Waals surface area contributed by atoms with Gasteiger partial charge in [-0.25, -0.2) is 8.42 Å². The number of hydrogen-bond acceptors (Lipinski definition) is 5. The van der Waals surface area contributed by atoms with Crippen LogP contribution in [0.5, 0.6) is 11.5 Å². The van der Waals surface area contributed by atoms with E-state index in [2.05, 4.69) is 4.72 Å². The lowest BCUT2D eigenvalue weighted by molar-refractivity contribution is -0.131. The molecule has 0 radical (unpaired) electrons. The summed E-state index contributed by atoms with van der Waals surface area (Å²) < 4.78 is 38.7. The van der Waals surface area contributed by atoms with Crippen molar-refractivity contribution in [2.24, 2.45) is 0 Å². The molecule has 0 aliphatic carbocycles. The summed E-state index contributed by atoms with van der Waals surface area (Å²) >= 11 is 0. The molecule has 0 spiro atoms. The number of anilines is 1. The fourth-order valence-electron chi connectivity index (χ4n) is 2.48. The SMILES string of the molecule is CC(=O)Oc1ccc(OCc2ccccc2)c(NS(=O)(=O)c2ccccc2)c1. The molecule has 0 saturated carbocycles. The molecule has 3 rings (SSSR count). The second-order valence-electron chi connectivity index (χ2n) is 5.94. The minimum atomic E-state index is -3.83. The molecule has 0 aliphatic rings. The summed E-state index contributed by atoms with van der Waals surface area (Å²) in [6.07, 6.45) is 0. The maximum absolute atomic E-state index is 12.7. The van der Waals surface area contributed by atoms with Crippen molar-refractivity contribution in [1.82, 2.24) is 0 Å². The zero-order valence-electron chi connectivity index (χ0n) is 15.2. The molecular formula is C21H19NO5S. The molecule has 0 heterocycles. The number of carbonyl (C=O) groups excluding carboxylic acids is 1. The predicted octanol–water partition coefficient (Wildman–Crippen LogP) is 3.99. The molecule has 3 aromatic carbocycles. The highest BCUT2D eigenvalue weighted by molar-refractivity contribution is 7.92. The van der Waals surface area contributed by atoms with Crippen molar-refractivity contribution in [3.05, 3.63) is 84.4 Å². The Morgan fingerprint density at radius 3 is 2.21 bits per heavy atom. The van der Waals surface area contributed by atoms with Gasteiger partial charge in [-0.3, -0.25) is 9.52 Å². The van der Waals surface area contributed by atoms with Crippen molar-refractivity contribution in [1.29, 1.82) is 0 Å². The first-order chi connectivity index (χ1) is 13.4. The van der Waals surface area contributed by atoms with E-state index in [1.54, 1.807) is 30.3 Å². The molecule has 28 heavy (non-hydrogen) atoms. The van der Waals surface area contributed by atoms with Crippen LogP contribution in [0.1, 0.15) is 12.5 Å². The molecule has 0 atom stereocenters. The van der Waals surface area contributed by atoms with Crippen molar-refractivity contribution in [2.45, 2.75) is 18.4 Å².